The van der Waals surface area contributed by atoms with Gasteiger partial charge in [-0.15, -0.1) is 0 Å². The van der Waals surface area contributed by atoms with Gasteiger partial charge in [0.1, 0.15) is 0 Å². The third kappa shape index (κ3) is 5.31. The zero-order valence-corrected chi connectivity index (χ0v) is 18.2. The molecule has 3 aliphatic rings. The van der Waals surface area contributed by atoms with Gasteiger partial charge in [-0.05, 0) is 60.4 Å². The SMILES string of the molecule is COc1cc(CN(C)C[C@@H](O)COCC2=CC[C@@H]3C[C@H]2C3(C)C)ccc1OC(F)F. The van der Waals surface area contributed by atoms with E-state index in [9.17, 15) is 13.9 Å². The van der Waals surface area contributed by atoms with Crippen molar-refractivity contribution < 1.29 is 28.1 Å². The Morgan fingerprint density at radius 2 is 2.03 bits per heavy atom. The molecule has 7 heteroatoms. The summed E-state index contributed by atoms with van der Waals surface area (Å²) in [5.41, 5.74) is 2.63. The van der Waals surface area contributed by atoms with Gasteiger partial charge in [0.25, 0.3) is 0 Å². The normalized spacial score (nSPS) is 23.2. The van der Waals surface area contributed by atoms with Crippen LogP contribution in [0.1, 0.15) is 32.3 Å². The largest absolute Gasteiger partial charge is 0.493 e. The summed E-state index contributed by atoms with van der Waals surface area (Å²) in [5.74, 6) is 1.68. The first-order valence-corrected chi connectivity index (χ1v) is 10.5. The van der Waals surface area contributed by atoms with Gasteiger partial charge in [0.05, 0.1) is 26.4 Å². The number of alkyl halides is 2. The number of methoxy groups -OCH3 is 1. The van der Waals surface area contributed by atoms with Crippen LogP contribution in [0.2, 0.25) is 0 Å². The van der Waals surface area contributed by atoms with E-state index in [1.54, 1.807) is 12.1 Å². The maximum absolute atomic E-state index is 12.4. The lowest BCUT2D eigenvalue weighted by Crippen LogP contribution is -2.48. The van der Waals surface area contributed by atoms with Crippen molar-refractivity contribution in [1.82, 2.24) is 4.90 Å². The van der Waals surface area contributed by atoms with Crippen LogP contribution in [-0.4, -0.2) is 56.6 Å². The van der Waals surface area contributed by atoms with E-state index in [1.165, 1.54) is 25.2 Å². The summed E-state index contributed by atoms with van der Waals surface area (Å²) in [6.07, 6.45) is 4.11. The van der Waals surface area contributed by atoms with Crippen LogP contribution in [0, 0.1) is 17.3 Å². The molecule has 1 saturated carbocycles. The number of hydrogen-bond acceptors (Lipinski definition) is 5. The second kappa shape index (κ2) is 9.62. The molecule has 1 fully saturated rings. The number of ether oxygens (including phenoxy) is 3. The first kappa shape index (κ1) is 23.0. The van der Waals surface area contributed by atoms with Gasteiger partial charge in [-0.25, -0.2) is 0 Å². The van der Waals surface area contributed by atoms with Crippen molar-refractivity contribution in [2.24, 2.45) is 17.3 Å². The Balaban J connectivity index is 1.42. The summed E-state index contributed by atoms with van der Waals surface area (Å²) in [4.78, 5) is 1.95. The lowest BCUT2D eigenvalue weighted by atomic mass is 9.49. The Kier molecular flexibility index (Phi) is 7.37. The number of likely N-dealkylation sites (N-methyl/N-ethyl adjacent to an activating group) is 1. The standard InChI is InChI=1S/C23H33F2NO4/c1-23(2)17-7-6-16(19(23)10-17)13-29-14-18(27)12-26(3)11-15-5-8-20(30-22(24)25)21(9-15)28-4/h5-6,8-9,17-19,22,27H,7,10-14H2,1-4H3/t17-,18-,19-/m1/s1. The summed E-state index contributed by atoms with van der Waals surface area (Å²) < 4.78 is 40.3. The fourth-order valence-corrected chi connectivity index (χ4v) is 4.75. The van der Waals surface area contributed by atoms with Gasteiger partial charge in [0.15, 0.2) is 11.5 Å². The van der Waals surface area contributed by atoms with Crippen molar-refractivity contribution in [1.29, 1.82) is 0 Å². The highest BCUT2D eigenvalue weighted by Crippen LogP contribution is 2.59. The molecule has 5 nitrogen and oxygen atoms in total. The van der Waals surface area contributed by atoms with E-state index >= 15 is 0 Å². The molecule has 1 aromatic carbocycles. The van der Waals surface area contributed by atoms with Crippen LogP contribution in [0.3, 0.4) is 0 Å². The zero-order valence-electron chi connectivity index (χ0n) is 18.2. The molecular formula is C23H33F2NO4. The molecule has 0 amide bonds. The molecule has 2 bridgehead atoms. The number of nitrogens with zero attached hydrogens (tertiary/aromatic N) is 1. The Morgan fingerprint density at radius 1 is 1.27 bits per heavy atom. The average molecular weight is 426 g/mol. The molecule has 4 rings (SSSR count). The molecule has 0 aromatic heterocycles. The maximum atomic E-state index is 12.4. The molecule has 3 aliphatic carbocycles. The number of benzene rings is 1. The Bertz CT molecular complexity index is 753. The molecule has 0 saturated heterocycles. The third-order valence-corrected chi connectivity index (χ3v) is 6.58. The van der Waals surface area contributed by atoms with Crippen LogP contribution in [0.15, 0.2) is 29.8 Å². The van der Waals surface area contributed by atoms with Crippen LogP contribution in [0.4, 0.5) is 8.78 Å². The zero-order chi connectivity index (χ0) is 21.9. The van der Waals surface area contributed by atoms with Gasteiger partial charge < -0.3 is 19.3 Å². The minimum atomic E-state index is -2.90. The van der Waals surface area contributed by atoms with Gasteiger partial charge in [-0.3, -0.25) is 4.90 Å². The quantitative estimate of drug-likeness (QED) is 0.541. The molecule has 1 aromatic rings. The van der Waals surface area contributed by atoms with Gasteiger partial charge in [0.2, 0.25) is 0 Å². The number of aliphatic hydroxyl groups excluding tert-OH is 1. The number of halogens is 2. The predicted octanol–water partition coefficient (Wildman–Crippen LogP) is 4.10. The van der Waals surface area contributed by atoms with E-state index in [2.05, 4.69) is 24.7 Å². The van der Waals surface area contributed by atoms with Crippen molar-refractivity contribution in [2.75, 3.05) is 33.9 Å². The smallest absolute Gasteiger partial charge is 0.387 e. The highest BCUT2D eigenvalue weighted by atomic mass is 19.3. The number of aliphatic hydroxyl groups is 1. The van der Waals surface area contributed by atoms with Crippen molar-refractivity contribution in [3.8, 4) is 11.5 Å². The number of rotatable bonds is 11. The number of allylic oxidation sites excluding steroid dienone is 1. The summed E-state index contributed by atoms with van der Waals surface area (Å²) in [6, 6.07) is 4.85. The summed E-state index contributed by atoms with van der Waals surface area (Å²) >= 11 is 0. The van der Waals surface area contributed by atoms with Gasteiger partial charge in [-0.2, -0.15) is 8.78 Å². The molecule has 3 atom stereocenters. The molecular weight excluding hydrogens is 392 g/mol. The number of hydrogen-bond donors (Lipinski definition) is 1. The molecule has 30 heavy (non-hydrogen) atoms. The molecule has 0 radical (unpaired) electrons. The van der Waals surface area contributed by atoms with E-state index in [1.807, 2.05) is 11.9 Å². The van der Waals surface area contributed by atoms with Gasteiger partial charge in [0, 0.05) is 13.1 Å². The maximum Gasteiger partial charge on any atom is 0.387 e. The van der Waals surface area contributed by atoms with Crippen molar-refractivity contribution in [3.63, 3.8) is 0 Å². The minimum Gasteiger partial charge on any atom is -0.493 e. The van der Waals surface area contributed by atoms with E-state index in [0.29, 0.717) is 31.0 Å². The molecule has 0 unspecified atom stereocenters. The fourth-order valence-electron chi connectivity index (χ4n) is 4.75. The highest BCUT2D eigenvalue weighted by Gasteiger charge is 2.50. The first-order chi connectivity index (χ1) is 14.2. The Labute approximate surface area is 177 Å². The fraction of sp³-hybridized carbons (Fsp3) is 0.652. The highest BCUT2D eigenvalue weighted by molar-refractivity contribution is 5.43. The molecule has 168 valence electrons. The van der Waals surface area contributed by atoms with Crippen LogP contribution in [0.5, 0.6) is 11.5 Å². The molecule has 0 heterocycles. The lowest BCUT2D eigenvalue weighted by Gasteiger charge is -2.56. The van der Waals surface area contributed by atoms with E-state index in [-0.39, 0.29) is 18.1 Å². The van der Waals surface area contributed by atoms with Gasteiger partial charge >= 0.3 is 6.61 Å². The average Bonchev–Trinajstić information content (AvgIpc) is 2.68. The lowest BCUT2D eigenvalue weighted by molar-refractivity contribution is -0.0512. The third-order valence-electron chi connectivity index (χ3n) is 6.58. The molecule has 1 N–H and O–H groups in total. The predicted molar refractivity (Wildman–Crippen MR) is 111 cm³/mol. The molecule has 0 spiro atoms. The van der Waals surface area contributed by atoms with Crippen LogP contribution < -0.4 is 9.47 Å². The van der Waals surface area contributed by atoms with E-state index in [4.69, 9.17) is 9.47 Å². The monoisotopic (exact) mass is 425 g/mol. The minimum absolute atomic E-state index is 0.00492. The first-order valence-electron chi connectivity index (χ1n) is 10.5. The van der Waals surface area contributed by atoms with Crippen LogP contribution in [0.25, 0.3) is 0 Å². The molecule has 0 aliphatic heterocycles. The summed E-state index contributed by atoms with van der Waals surface area (Å²) in [7, 11) is 3.30. The van der Waals surface area contributed by atoms with Gasteiger partial charge in [-0.1, -0.05) is 26.0 Å². The van der Waals surface area contributed by atoms with E-state index in [0.717, 1.165) is 17.9 Å². The number of fused-ring (bicyclic) bond motifs is 1. The Hall–Kier alpha value is -1.70. The van der Waals surface area contributed by atoms with Crippen LogP contribution >= 0.6 is 0 Å². The summed E-state index contributed by atoms with van der Waals surface area (Å²) in [5, 5.41) is 10.3. The van der Waals surface area contributed by atoms with Crippen molar-refractivity contribution >= 4 is 0 Å². The Morgan fingerprint density at radius 3 is 2.67 bits per heavy atom. The van der Waals surface area contributed by atoms with E-state index < -0.39 is 12.7 Å². The van der Waals surface area contributed by atoms with Crippen molar-refractivity contribution in [2.45, 2.75) is 45.9 Å². The van der Waals surface area contributed by atoms with Crippen molar-refractivity contribution in [3.05, 3.63) is 35.4 Å². The second-order valence-electron chi connectivity index (χ2n) is 9.05. The van der Waals surface area contributed by atoms with Crippen LogP contribution in [-0.2, 0) is 11.3 Å². The summed E-state index contributed by atoms with van der Waals surface area (Å²) in [6.45, 7) is 3.61. The second-order valence-corrected chi connectivity index (χ2v) is 9.05. The topological polar surface area (TPSA) is 51.2 Å².